The minimum absolute atomic E-state index is 0.0799. The number of H-pyrrole nitrogens is 1. The maximum atomic E-state index is 11.9. The summed E-state index contributed by atoms with van der Waals surface area (Å²) in [4.78, 5) is 19.1. The second-order valence-corrected chi connectivity index (χ2v) is 5.43. The number of hydrogen-bond acceptors (Lipinski definition) is 5. The molecule has 0 aliphatic rings. The van der Waals surface area contributed by atoms with E-state index in [1.807, 2.05) is 24.7 Å². The highest BCUT2D eigenvalue weighted by Gasteiger charge is 2.08. The average Bonchev–Trinajstić information content (AvgIpc) is 3.02. The van der Waals surface area contributed by atoms with Crippen molar-refractivity contribution in [1.29, 1.82) is 0 Å². The molecule has 7 heteroatoms. The van der Waals surface area contributed by atoms with Gasteiger partial charge in [-0.25, -0.2) is 4.98 Å². The first-order chi connectivity index (χ1) is 9.67. The van der Waals surface area contributed by atoms with Crippen LogP contribution in [0.2, 0.25) is 0 Å². The van der Waals surface area contributed by atoms with Gasteiger partial charge in [0.25, 0.3) is 5.56 Å². The number of hydrogen-bond donors (Lipinski definition) is 2. The standard InChI is InChI=1S/C13H15N5OS/c1-3-8-10(7-18(2)17-8)14-6-11-15-9-4-5-20-12(9)13(19)16-11/h4-5,7,14H,3,6H2,1-2H3,(H,15,16,19). The first kappa shape index (κ1) is 12.9. The number of rotatable bonds is 4. The summed E-state index contributed by atoms with van der Waals surface area (Å²) in [6, 6.07) is 1.86. The molecular weight excluding hydrogens is 274 g/mol. The van der Waals surface area contributed by atoms with Crippen LogP contribution in [0.1, 0.15) is 18.4 Å². The molecule has 0 atom stereocenters. The number of aromatic amines is 1. The topological polar surface area (TPSA) is 75.6 Å². The molecule has 0 aliphatic carbocycles. The number of thiophene rings is 1. The number of fused-ring (bicyclic) bond motifs is 1. The summed E-state index contributed by atoms with van der Waals surface area (Å²) < 4.78 is 2.45. The third-order valence-corrected chi connectivity index (χ3v) is 3.95. The normalized spacial score (nSPS) is 11.1. The van der Waals surface area contributed by atoms with E-state index in [-0.39, 0.29) is 5.56 Å². The first-order valence-electron chi connectivity index (χ1n) is 6.40. The number of nitrogens with one attached hydrogen (secondary N) is 2. The minimum atomic E-state index is -0.0799. The van der Waals surface area contributed by atoms with Crippen LogP contribution in [0.5, 0.6) is 0 Å². The van der Waals surface area contributed by atoms with Crippen molar-refractivity contribution < 1.29 is 0 Å². The van der Waals surface area contributed by atoms with Gasteiger partial charge in [-0.1, -0.05) is 6.92 Å². The maximum Gasteiger partial charge on any atom is 0.268 e. The molecule has 6 nitrogen and oxygen atoms in total. The van der Waals surface area contributed by atoms with Gasteiger partial charge in [0, 0.05) is 13.2 Å². The number of nitrogens with zero attached hydrogens (tertiary/aromatic N) is 3. The Morgan fingerprint density at radius 1 is 1.50 bits per heavy atom. The average molecular weight is 289 g/mol. The van der Waals surface area contributed by atoms with Gasteiger partial charge in [0.15, 0.2) is 0 Å². The highest BCUT2D eigenvalue weighted by molar-refractivity contribution is 7.17. The third-order valence-electron chi connectivity index (χ3n) is 3.05. The van der Waals surface area contributed by atoms with Crippen molar-refractivity contribution in [2.75, 3.05) is 5.32 Å². The molecular formula is C13H15N5OS. The molecule has 0 saturated heterocycles. The maximum absolute atomic E-state index is 11.9. The predicted octanol–water partition coefficient (Wildman–Crippen LogP) is 1.89. The Morgan fingerprint density at radius 2 is 2.35 bits per heavy atom. The second kappa shape index (κ2) is 5.09. The largest absolute Gasteiger partial charge is 0.375 e. The molecule has 0 spiro atoms. The molecule has 20 heavy (non-hydrogen) atoms. The monoisotopic (exact) mass is 289 g/mol. The van der Waals surface area contributed by atoms with Crippen molar-refractivity contribution in [3.8, 4) is 0 Å². The lowest BCUT2D eigenvalue weighted by Crippen LogP contribution is -2.13. The molecule has 0 fully saturated rings. The van der Waals surface area contributed by atoms with Crippen molar-refractivity contribution >= 4 is 27.2 Å². The van der Waals surface area contributed by atoms with Gasteiger partial charge in [-0.05, 0) is 17.9 Å². The lowest BCUT2D eigenvalue weighted by molar-refractivity contribution is 0.746. The van der Waals surface area contributed by atoms with Crippen LogP contribution < -0.4 is 10.9 Å². The number of aryl methyl sites for hydroxylation is 2. The Morgan fingerprint density at radius 3 is 3.15 bits per heavy atom. The van der Waals surface area contributed by atoms with Crippen molar-refractivity contribution in [3.63, 3.8) is 0 Å². The lowest BCUT2D eigenvalue weighted by atomic mass is 10.3. The highest BCUT2D eigenvalue weighted by Crippen LogP contribution is 2.16. The lowest BCUT2D eigenvalue weighted by Gasteiger charge is -2.05. The first-order valence-corrected chi connectivity index (χ1v) is 7.28. The SMILES string of the molecule is CCc1nn(C)cc1NCc1nc2ccsc2c(=O)[nH]1. The second-order valence-electron chi connectivity index (χ2n) is 4.52. The van der Waals surface area contributed by atoms with Gasteiger partial charge in [0.2, 0.25) is 0 Å². The van der Waals surface area contributed by atoms with Crippen molar-refractivity contribution in [2.45, 2.75) is 19.9 Å². The van der Waals surface area contributed by atoms with E-state index in [4.69, 9.17) is 0 Å². The van der Waals surface area contributed by atoms with E-state index in [1.54, 1.807) is 4.68 Å². The van der Waals surface area contributed by atoms with Crippen molar-refractivity contribution in [2.24, 2.45) is 7.05 Å². The van der Waals surface area contributed by atoms with Crippen LogP contribution in [-0.2, 0) is 20.0 Å². The molecule has 0 bridgehead atoms. The third kappa shape index (κ3) is 2.32. The summed E-state index contributed by atoms with van der Waals surface area (Å²) in [6.45, 7) is 2.53. The van der Waals surface area contributed by atoms with Gasteiger partial charge >= 0.3 is 0 Å². The van der Waals surface area contributed by atoms with Crippen molar-refractivity contribution in [1.82, 2.24) is 19.7 Å². The fourth-order valence-electron chi connectivity index (χ4n) is 2.13. The molecule has 2 N–H and O–H groups in total. The van der Waals surface area contributed by atoms with Crippen LogP contribution in [-0.4, -0.2) is 19.7 Å². The minimum Gasteiger partial charge on any atom is -0.375 e. The number of aromatic nitrogens is 4. The smallest absolute Gasteiger partial charge is 0.268 e. The number of anilines is 1. The molecule has 0 radical (unpaired) electrons. The Labute approximate surface area is 119 Å². The Bertz CT molecular complexity index is 801. The van der Waals surface area contributed by atoms with E-state index < -0.39 is 0 Å². The van der Waals surface area contributed by atoms with Crippen LogP contribution in [0.25, 0.3) is 10.2 Å². The highest BCUT2D eigenvalue weighted by atomic mass is 32.1. The fraction of sp³-hybridized carbons (Fsp3) is 0.308. The van der Waals surface area contributed by atoms with E-state index in [0.717, 1.165) is 23.3 Å². The van der Waals surface area contributed by atoms with E-state index >= 15 is 0 Å². The molecule has 0 saturated carbocycles. The fourth-order valence-corrected chi connectivity index (χ4v) is 2.85. The zero-order chi connectivity index (χ0) is 14.1. The van der Waals surface area contributed by atoms with Crippen LogP contribution in [0.3, 0.4) is 0 Å². The summed E-state index contributed by atoms with van der Waals surface area (Å²) in [5.74, 6) is 0.631. The summed E-state index contributed by atoms with van der Waals surface area (Å²) in [5, 5.41) is 9.51. The molecule has 104 valence electrons. The molecule has 0 amide bonds. The van der Waals surface area contributed by atoms with Crippen LogP contribution >= 0.6 is 11.3 Å². The summed E-state index contributed by atoms with van der Waals surface area (Å²) in [6.07, 6.45) is 2.79. The van der Waals surface area contributed by atoms with Gasteiger partial charge in [0.05, 0.1) is 23.4 Å². The van der Waals surface area contributed by atoms with E-state index in [2.05, 4.69) is 27.3 Å². The summed E-state index contributed by atoms with van der Waals surface area (Å²) >= 11 is 1.41. The molecule has 0 unspecified atom stereocenters. The van der Waals surface area contributed by atoms with Crippen molar-refractivity contribution in [3.05, 3.63) is 39.5 Å². The summed E-state index contributed by atoms with van der Waals surface area (Å²) in [5.41, 5.74) is 2.65. The van der Waals surface area contributed by atoms with Crippen LogP contribution in [0.15, 0.2) is 22.4 Å². The Kier molecular flexibility index (Phi) is 3.27. The van der Waals surface area contributed by atoms with Gasteiger partial charge in [-0.3, -0.25) is 9.48 Å². The molecule has 3 aromatic rings. The molecule has 3 heterocycles. The zero-order valence-corrected chi connectivity index (χ0v) is 12.1. The molecule has 0 aliphatic heterocycles. The van der Waals surface area contributed by atoms with Crippen LogP contribution in [0, 0.1) is 0 Å². The summed E-state index contributed by atoms with van der Waals surface area (Å²) in [7, 11) is 1.89. The van der Waals surface area contributed by atoms with E-state index in [1.165, 1.54) is 11.3 Å². The quantitative estimate of drug-likeness (QED) is 0.769. The predicted molar refractivity (Wildman–Crippen MR) is 80.2 cm³/mol. The Balaban J connectivity index is 1.84. The Hall–Kier alpha value is -2.15. The zero-order valence-electron chi connectivity index (χ0n) is 11.3. The molecule has 3 aromatic heterocycles. The van der Waals surface area contributed by atoms with Crippen LogP contribution in [0.4, 0.5) is 5.69 Å². The van der Waals surface area contributed by atoms with Gasteiger partial charge < -0.3 is 10.3 Å². The molecule has 3 rings (SSSR count). The van der Waals surface area contributed by atoms with Gasteiger partial charge in [-0.2, -0.15) is 5.10 Å². The van der Waals surface area contributed by atoms with E-state index in [9.17, 15) is 4.79 Å². The van der Waals surface area contributed by atoms with Gasteiger partial charge in [-0.15, -0.1) is 11.3 Å². The molecule has 0 aromatic carbocycles. The van der Waals surface area contributed by atoms with Gasteiger partial charge in [0.1, 0.15) is 10.5 Å². The van der Waals surface area contributed by atoms with E-state index in [0.29, 0.717) is 17.1 Å².